The molecule has 0 aromatic carbocycles. The van der Waals surface area contributed by atoms with E-state index in [4.69, 9.17) is 22.4 Å². The molecule has 0 spiro atoms. The molecule has 0 saturated carbocycles. The van der Waals surface area contributed by atoms with Gasteiger partial charge in [0.1, 0.15) is 5.15 Å². The number of pyridine rings is 1. The van der Waals surface area contributed by atoms with Crippen LogP contribution >= 0.6 is 11.6 Å². The van der Waals surface area contributed by atoms with E-state index in [9.17, 15) is 13.6 Å². The molecule has 14 heavy (non-hydrogen) atoms. The molecule has 1 aromatic heterocycles. The van der Waals surface area contributed by atoms with Crippen LogP contribution in [0, 0.1) is 0 Å². The molecule has 3 N–H and O–H groups in total. The predicted molar refractivity (Wildman–Crippen MR) is 45.6 cm³/mol. The van der Waals surface area contributed by atoms with Crippen molar-refractivity contribution in [3.05, 3.63) is 22.5 Å². The Kier molecular flexibility index (Phi) is 2.85. The summed E-state index contributed by atoms with van der Waals surface area (Å²) in [5.41, 5.74) is 3.20. The molecule has 4 nitrogen and oxygen atoms in total. The second-order valence-corrected chi connectivity index (χ2v) is 2.79. The number of anilines is 1. The maximum atomic E-state index is 12.4. The molecule has 7 heteroatoms. The molecule has 1 heterocycles. The van der Waals surface area contributed by atoms with Crippen LogP contribution in [0.3, 0.4) is 0 Å². The number of rotatable bonds is 2. The number of halogens is 3. The van der Waals surface area contributed by atoms with Crippen LogP contribution in [0.5, 0.6) is 0 Å². The van der Waals surface area contributed by atoms with Crippen molar-refractivity contribution in [3.8, 4) is 0 Å². The van der Waals surface area contributed by atoms with E-state index in [0.717, 1.165) is 6.07 Å². The Morgan fingerprint density at radius 3 is 2.64 bits per heavy atom. The van der Waals surface area contributed by atoms with Crippen LogP contribution in [0.4, 0.5) is 14.5 Å². The minimum absolute atomic E-state index is 0.232. The molecule has 0 fully saturated rings. The van der Waals surface area contributed by atoms with Gasteiger partial charge in [-0.1, -0.05) is 11.6 Å². The van der Waals surface area contributed by atoms with Gasteiger partial charge < -0.3 is 10.8 Å². The molecule has 0 aliphatic carbocycles. The van der Waals surface area contributed by atoms with Crippen molar-refractivity contribution in [1.29, 1.82) is 0 Å². The second-order valence-electron chi connectivity index (χ2n) is 2.40. The molecule has 0 bridgehead atoms. The van der Waals surface area contributed by atoms with Gasteiger partial charge in [-0.2, -0.15) is 0 Å². The highest BCUT2D eigenvalue weighted by molar-refractivity contribution is 6.29. The summed E-state index contributed by atoms with van der Waals surface area (Å²) < 4.78 is 24.7. The normalized spacial score (nSPS) is 10.6. The number of alkyl halides is 2. The molecule has 0 unspecified atom stereocenters. The fourth-order valence-corrected chi connectivity index (χ4v) is 1.14. The number of nitrogens with two attached hydrogens (primary N) is 1. The van der Waals surface area contributed by atoms with E-state index in [0.29, 0.717) is 0 Å². The van der Waals surface area contributed by atoms with Crippen LogP contribution in [-0.2, 0) is 0 Å². The molecule has 0 amide bonds. The maximum absolute atomic E-state index is 12.4. The summed E-state index contributed by atoms with van der Waals surface area (Å²) in [6.07, 6.45) is -2.99. The molecule has 76 valence electrons. The van der Waals surface area contributed by atoms with Crippen molar-refractivity contribution in [3.63, 3.8) is 0 Å². The Hall–Kier alpha value is -1.43. The van der Waals surface area contributed by atoms with E-state index < -0.39 is 23.7 Å². The van der Waals surface area contributed by atoms with Gasteiger partial charge in [-0.05, 0) is 6.07 Å². The van der Waals surface area contributed by atoms with Gasteiger partial charge in [0.2, 0.25) is 0 Å². The summed E-state index contributed by atoms with van der Waals surface area (Å²) in [6.45, 7) is 0. The lowest BCUT2D eigenvalue weighted by Crippen LogP contribution is -2.09. The molecular weight excluding hydrogens is 218 g/mol. The fourth-order valence-electron chi connectivity index (χ4n) is 0.934. The highest BCUT2D eigenvalue weighted by Crippen LogP contribution is 2.29. The monoisotopic (exact) mass is 222 g/mol. The molecule has 0 aliphatic heterocycles. The lowest BCUT2D eigenvalue weighted by molar-refractivity contribution is 0.0677. The quantitative estimate of drug-likeness (QED) is 0.750. The minimum Gasteiger partial charge on any atom is -0.476 e. The van der Waals surface area contributed by atoms with Gasteiger partial charge in [-0.3, -0.25) is 0 Å². The van der Waals surface area contributed by atoms with Gasteiger partial charge >= 0.3 is 5.97 Å². The van der Waals surface area contributed by atoms with Crippen LogP contribution < -0.4 is 5.73 Å². The summed E-state index contributed by atoms with van der Waals surface area (Å²) in [7, 11) is 0. The first-order valence-corrected chi connectivity index (χ1v) is 3.78. The van der Waals surface area contributed by atoms with Crippen molar-refractivity contribution in [1.82, 2.24) is 4.98 Å². The van der Waals surface area contributed by atoms with E-state index >= 15 is 0 Å². The van der Waals surface area contributed by atoms with Crippen molar-refractivity contribution in [2.75, 3.05) is 5.73 Å². The number of carboxylic acids is 1. The Morgan fingerprint density at radius 2 is 2.21 bits per heavy atom. The highest BCUT2D eigenvalue weighted by atomic mass is 35.5. The van der Waals surface area contributed by atoms with E-state index in [1.54, 1.807) is 0 Å². The Morgan fingerprint density at radius 1 is 1.64 bits per heavy atom. The molecular formula is C7H5ClF2N2O2. The Bertz CT molecular complexity index is 384. The third-order valence-electron chi connectivity index (χ3n) is 1.48. The van der Waals surface area contributed by atoms with Gasteiger partial charge in [0.15, 0.2) is 5.69 Å². The number of nitrogen functional groups attached to an aromatic ring is 1. The van der Waals surface area contributed by atoms with Crippen molar-refractivity contribution < 1.29 is 18.7 Å². The molecule has 0 atom stereocenters. The predicted octanol–water partition coefficient (Wildman–Crippen LogP) is 1.95. The topological polar surface area (TPSA) is 76.2 Å². The summed E-state index contributed by atoms with van der Waals surface area (Å²) >= 11 is 5.37. The average Bonchev–Trinajstić information content (AvgIpc) is 2.01. The Balaban J connectivity index is 3.44. The number of carbonyl (C=O) groups is 1. The number of aromatic nitrogens is 1. The van der Waals surface area contributed by atoms with Crippen LogP contribution in [0.15, 0.2) is 6.07 Å². The molecule has 0 saturated heterocycles. The van der Waals surface area contributed by atoms with Crippen LogP contribution in [0.25, 0.3) is 0 Å². The second kappa shape index (κ2) is 3.75. The fraction of sp³-hybridized carbons (Fsp3) is 0.143. The molecule has 0 radical (unpaired) electrons. The zero-order valence-electron chi connectivity index (χ0n) is 6.67. The van der Waals surface area contributed by atoms with E-state index in [-0.39, 0.29) is 10.8 Å². The summed E-state index contributed by atoms with van der Waals surface area (Å²) in [5.74, 6) is -1.59. The summed E-state index contributed by atoms with van der Waals surface area (Å²) in [5, 5.41) is 8.32. The first-order valence-electron chi connectivity index (χ1n) is 3.41. The van der Waals surface area contributed by atoms with E-state index in [1.165, 1.54) is 0 Å². The summed E-state index contributed by atoms with van der Waals surface area (Å²) in [6, 6.07) is 0.982. The Labute approximate surface area is 82.3 Å². The molecule has 0 aliphatic rings. The lowest BCUT2D eigenvalue weighted by atomic mass is 10.1. The SMILES string of the molecule is Nc1cc(Cl)nc(C(=O)O)c1C(F)F. The maximum Gasteiger partial charge on any atom is 0.355 e. The third-order valence-corrected chi connectivity index (χ3v) is 1.67. The standard InChI is InChI=1S/C7H5ClF2N2O2/c8-3-1-2(11)4(6(9)10)5(12-3)7(13)14/h1,6H,(H2,11,12)(H,13,14). The highest BCUT2D eigenvalue weighted by Gasteiger charge is 2.23. The van der Waals surface area contributed by atoms with Crippen molar-refractivity contribution in [2.24, 2.45) is 0 Å². The number of hydrogen-bond acceptors (Lipinski definition) is 3. The zero-order chi connectivity index (χ0) is 10.9. The molecule has 1 rings (SSSR count). The average molecular weight is 223 g/mol. The lowest BCUT2D eigenvalue weighted by Gasteiger charge is -2.07. The van der Waals surface area contributed by atoms with Crippen LogP contribution in [0.1, 0.15) is 22.5 Å². The molecule has 1 aromatic rings. The third kappa shape index (κ3) is 1.90. The van der Waals surface area contributed by atoms with Crippen LogP contribution in [-0.4, -0.2) is 16.1 Å². The number of hydrogen-bond donors (Lipinski definition) is 2. The number of aromatic carboxylic acids is 1. The van der Waals surface area contributed by atoms with Gasteiger partial charge in [-0.15, -0.1) is 0 Å². The first kappa shape index (κ1) is 10.6. The minimum atomic E-state index is -2.99. The van der Waals surface area contributed by atoms with Gasteiger partial charge in [0.05, 0.1) is 5.56 Å². The van der Waals surface area contributed by atoms with Gasteiger partial charge in [0, 0.05) is 5.69 Å². The van der Waals surface area contributed by atoms with Crippen molar-refractivity contribution in [2.45, 2.75) is 6.43 Å². The first-order chi connectivity index (χ1) is 6.43. The van der Waals surface area contributed by atoms with Crippen LogP contribution in [0.2, 0.25) is 5.15 Å². The van der Waals surface area contributed by atoms with E-state index in [2.05, 4.69) is 4.98 Å². The van der Waals surface area contributed by atoms with Gasteiger partial charge in [-0.25, -0.2) is 18.6 Å². The smallest absolute Gasteiger partial charge is 0.355 e. The number of carboxylic acid groups (broad SMARTS) is 1. The number of nitrogens with zero attached hydrogens (tertiary/aromatic N) is 1. The largest absolute Gasteiger partial charge is 0.476 e. The van der Waals surface area contributed by atoms with E-state index in [1.807, 2.05) is 0 Å². The van der Waals surface area contributed by atoms with Gasteiger partial charge in [0.25, 0.3) is 6.43 Å². The zero-order valence-corrected chi connectivity index (χ0v) is 7.42. The summed E-state index contributed by atoms with van der Waals surface area (Å²) in [4.78, 5) is 13.8. The van der Waals surface area contributed by atoms with Crippen molar-refractivity contribution >= 4 is 23.3 Å².